The third kappa shape index (κ3) is 2.66. The zero-order chi connectivity index (χ0) is 14.7. The number of aliphatic hydroxyl groups is 1. The number of hydrogen-bond donors (Lipinski definition) is 1. The van der Waals surface area contributed by atoms with Crippen LogP contribution in [0.25, 0.3) is 0 Å². The average Bonchev–Trinajstić information content (AvgIpc) is 2.89. The van der Waals surface area contributed by atoms with Crippen molar-refractivity contribution < 1.29 is 14.6 Å². The van der Waals surface area contributed by atoms with Gasteiger partial charge in [-0.1, -0.05) is 6.07 Å². The first-order valence-electron chi connectivity index (χ1n) is 6.23. The fraction of sp³-hybridized carbons (Fsp3) is 0.357. The minimum atomic E-state index is -0.811. The lowest BCUT2D eigenvalue weighted by atomic mass is 10.1. The van der Waals surface area contributed by atoms with Crippen molar-refractivity contribution >= 4 is 15.9 Å². The summed E-state index contributed by atoms with van der Waals surface area (Å²) in [5.41, 5.74) is 1.39. The Morgan fingerprint density at radius 2 is 2.00 bits per heavy atom. The van der Waals surface area contributed by atoms with Crippen LogP contribution < -0.4 is 9.47 Å². The molecule has 1 aromatic heterocycles. The standard InChI is InChI=1S/C14H17BrN2O3/c1-4-17-13(12(20-3)8-16-17)14(18)9-5-6-11(19-2)10(15)7-9/h5-8,14,18H,4H2,1-3H3. The molecule has 0 aliphatic carbocycles. The van der Waals surface area contributed by atoms with Gasteiger partial charge in [-0.2, -0.15) is 5.10 Å². The Morgan fingerprint density at radius 3 is 2.55 bits per heavy atom. The number of aromatic nitrogens is 2. The third-order valence-electron chi connectivity index (χ3n) is 3.11. The number of rotatable bonds is 5. The van der Waals surface area contributed by atoms with E-state index in [1.54, 1.807) is 25.1 Å². The van der Waals surface area contributed by atoms with Crippen LogP contribution in [0.2, 0.25) is 0 Å². The van der Waals surface area contributed by atoms with E-state index in [0.29, 0.717) is 18.0 Å². The highest BCUT2D eigenvalue weighted by atomic mass is 79.9. The van der Waals surface area contributed by atoms with Crippen molar-refractivity contribution in [3.8, 4) is 11.5 Å². The van der Waals surface area contributed by atoms with E-state index in [2.05, 4.69) is 21.0 Å². The van der Waals surface area contributed by atoms with Crippen molar-refractivity contribution in [1.82, 2.24) is 9.78 Å². The molecule has 2 rings (SSSR count). The van der Waals surface area contributed by atoms with Gasteiger partial charge in [-0.15, -0.1) is 0 Å². The zero-order valence-corrected chi connectivity index (χ0v) is 13.2. The summed E-state index contributed by atoms with van der Waals surface area (Å²) in [5, 5.41) is 14.8. The molecule has 0 saturated carbocycles. The van der Waals surface area contributed by atoms with Gasteiger partial charge in [-0.25, -0.2) is 0 Å². The van der Waals surface area contributed by atoms with Gasteiger partial charge in [0.2, 0.25) is 0 Å². The van der Waals surface area contributed by atoms with Gasteiger partial charge in [0.1, 0.15) is 17.5 Å². The molecule has 0 amide bonds. The molecule has 108 valence electrons. The quantitative estimate of drug-likeness (QED) is 0.909. The topological polar surface area (TPSA) is 56.5 Å². The summed E-state index contributed by atoms with van der Waals surface area (Å²) < 4.78 is 13.0. The molecule has 2 aromatic rings. The number of ether oxygens (including phenoxy) is 2. The van der Waals surface area contributed by atoms with E-state index in [9.17, 15) is 5.11 Å². The van der Waals surface area contributed by atoms with Crippen LogP contribution in [0, 0.1) is 0 Å². The van der Waals surface area contributed by atoms with Gasteiger partial charge in [-0.3, -0.25) is 4.68 Å². The van der Waals surface area contributed by atoms with Crippen molar-refractivity contribution in [1.29, 1.82) is 0 Å². The number of benzene rings is 1. The molecule has 6 heteroatoms. The monoisotopic (exact) mass is 340 g/mol. The zero-order valence-electron chi connectivity index (χ0n) is 11.6. The molecule has 0 aliphatic rings. The van der Waals surface area contributed by atoms with E-state index in [-0.39, 0.29) is 0 Å². The van der Waals surface area contributed by atoms with E-state index in [4.69, 9.17) is 9.47 Å². The predicted molar refractivity (Wildman–Crippen MR) is 79.2 cm³/mol. The maximum Gasteiger partial charge on any atom is 0.163 e. The molecule has 0 bridgehead atoms. The van der Waals surface area contributed by atoms with Crippen molar-refractivity contribution in [2.45, 2.75) is 19.6 Å². The van der Waals surface area contributed by atoms with Crippen molar-refractivity contribution in [2.75, 3.05) is 14.2 Å². The first kappa shape index (κ1) is 14.9. The van der Waals surface area contributed by atoms with E-state index < -0.39 is 6.10 Å². The van der Waals surface area contributed by atoms with Gasteiger partial charge in [0.05, 0.1) is 24.9 Å². The van der Waals surface area contributed by atoms with Gasteiger partial charge in [0, 0.05) is 6.54 Å². The molecule has 0 radical (unpaired) electrons. The Labute approximate surface area is 126 Å². The minimum Gasteiger partial charge on any atom is -0.496 e. The molecule has 0 saturated heterocycles. The van der Waals surface area contributed by atoms with Gasteiger partial charge in [0.15, 0.2) is 5.75 Å². The molecule has 0 fully saturated rings. The Balaban J connectivity index is 2.43. The Bertz CT molecular complexity index is 577. The van der Waals surface area contributed by atoms with Crippen LogP contribution in [-0.4, -0.2) is 29.1 Å². The lowest BCUT2D eigenvalue weighted by Gasteiger charge is -2.15. The highest BCUT2D eigenvalue weighted by Crippen LogP contribution is 2.33. The first-order valence-corrected chi connectivity index (χ1v) is 7.02. The van der Waals surface area contributed by atoms with E-state index >= 15 is 0 Å². The number of halogens is 1. The second kappa shape index (κ2) is 6.28. The van der Waals surface area contributed by atoms with Crippen molar-refractivity contribution in [2.24, 2.45) is 0 Å². The summed E-state index contributed by atoms with van der Waals surface area (Å²) in [6, 6.07) is 5.46. The molecule has 1 N–H and O–H groups in total. The molecular weight excluding hydrogens is 324 g/mol. The average molecular weight is 341 g/mol. The fourth-order valence-electron chi connectivity index (χ4n) is 2.07. The van der Waals surface area contributed by atoms with Crippen LogP contribution in [0.15, 0.2) is 28.9 Å². The van der Waals surface area contributed by atoms with Crippen LogP contribution in [0.3, 0.4) is 0 Å². The largest absolute Gasteiger partial charge is 0.496 e. The number of aliphatic hydroxyl groups excluding tert-OH is 1. The van der Waals surface area contributed by atoms with Gasteiger partial charge in [0.25, 0.3) is 0 Å². The SMILES string of the molecule is CCn1ncc(OC)c1C(O)c1ccc(OC)c(Br)c1. The number of hydrogen-bond acceptors (Lipinski definition) is 4. The maximum absolute atomic E-state index is 10.6. The summed E-state index contributed by atoms with van der Waals surface area (Å²) in [6.45, 7) is 2.62. The summed E-state index contributed by atoms with van der Waals surface area (Å²) in [4.78, 5) is 0. The first-order chi connectivity index (χ1) is 9.62. The van der Waals surface area contributed by atoms with Crippen molar-refractivity contribution in [3.05, 3.63) is 40.1 Å². The van der Waals surface area contributed by atoms with Gasteiger partial charge >= 0.3 is 0 Å². The molecule has 1 unspecified atom stereocenters. The Morgan fingerprint density at radius 1 is 1.30 bits per heavy atom. The van der Waals surface area contributed by atoms with E-state index in [1.807, 2.05) is 25.1 Å². The van der Waals surface area contributed by atoms with E-state index in [1.165, 1.54) is 0 Å². The minimum absolute atomic E-state index is 0.575. The van der Waals surface area contributed by atoms with Gasteiger partial charge < -0.3 is 14.6 Å². The molecule has 0 aliphatic heterocycles. The highest BCUT2D eigenvalue weighted by Gasteiger charge is 2.21. The smallest absolute Gasteiger partial charge is 0.163 e. The highest BCUT2D eigenvalue weighted by molar-refractivity contribution is 9.10. The Kier molecular flexibility index (Phi) is 4.67. The van der Waals surface area contributed by atoms with Crippen LogP contribution in [0.4, 0.5) is 0 Å². The second-order valence-corrected chi connectivity index (χ2v) is 5.06. The van der Waals surface area contributed by atoms with Crippen molar-refractivity contribution in [3.63, 3.8) is 0 Å². The molecule has 1 atom stereocenters. The second-order valence-electron chi connectivity index (χ2n) is 4.21. The molecule has 1 aromatic carbocycles. The lowest BCUT2D eigenvalue weighted by Crippen LogP contribution is -2.10. The van der Waals surface area contributed by atoms with Crippen LogP contribution in [-0.2, 0) is 6.54 Å². The van der Waals surface area contributed by atoms with Crippen LogP contribution in [0.5, 0.6) is 11.5 Å². The lowest BCUT2D eigenvalue weighted by molar-refractivity contribution is 0.202. The summed E-state index contributed by atoms with van der Waals surface area (Å²) in [7, 11) is 3.17. The van der Waals surface area contributed by atoms with E-state index in [0.717, 1.165) is 15.8 Å². The van der Waals surface area contributed by atoms with Crippen LogP contribution in [0.1, 0.15) is 24.3 Å². The molecular formula is C14H17BrN2O3. The molecule has 20 heavy (non-hydrogen) atoms. The van der Waals surface area contributed by atoms with Gasteiger partial charge in [-0.05, 0) is 40.5 Å². The summed E-state index contributed by atoms with van der Waals surface area (Å²) in [5.74, 6) is 1.29. The fourth-order valence-corrected chi connectivity index (χ4v) is 2.63. The summed E-state index contributed by atoms with van der Waals surface area (Å²) in [6.07, 6.45) is 0.801. The molecule has 5 nitrogen and oxygen atoms in total. The normalized spacial score (nSPS) is 12.2. The maximum atomic E-state index is 10.6. The number of nitrogens with zero attached hydrogens (tertiary/aromatic N) is 2. The molecule has 1 heterocycles. The molecule has 0 spiro atoms. The predicted octanol–water partition coefficient (Wildman–Crippen LogP) is 2.76. The summed E-state index contributed by atoms with van der Waals surface area (Å²) >= 11 is 3.42. The number of methoxy groups -OCH3 is 2. The number of aryl methyl sites for hydroxylation is 1. The Hall–Kier alpha value is -1.53. The third-order valence-corrected chi connectivity index (χ3v) is 3.73. The van der Waals surface area contributed by atoms with Crippen LogP contribution >= 0.6 is 15.9 Å².